The number of sulfonamides is 1. The number of amides is 1. The van der Waals surface area contributed by atoms with Gasteiger partial charge in [-0.2, -0.15) is 0 Å². The monoisotopic (exact) mass is 346 g/mol. The van der Waals surface area contributed by atoms with Crippen molar-refractivity contribution in [3.63, 3.8) is 0 Å². The maximum atomic E-state index is 13.0. The Morgan fingerprint density at radius 3 is 2.48 bits per heavy atom. The van der Waals surface area contributed by atoms with Crippen LogP contribution >= 0.6 is 0 Å². The number of nitrogens with one attached hydrogen (secondary N) is 1. The largest absolute Gasteiger partial charge is 0.382 e. The number of carbonyl (C=O) groups is 1. The zero-order valence-electron chi connectivity index (χ0n) is 13.6. The first-order valence-corrected chi connectivity index (χ1v) is 9.22. The predicted octanol–water partition coefficient (Wildman–Crippen LogP) is 1.52. The average Bonchev–Trinajstić information content (AvgIpc) is 2.47. The molecule has 23 heavy (non-hydrogen) atoms. The van der Waals surface area contributed by atoms with Gasteiger partial charge in [-0.15, -0.1) is 0 Å². The second-order valence-corrected chi connectivity index (χ2v) is 6.91. The van der Waals surface area contributed by atoms with Gasteiger partial charge < -0.3 is 10.1 Å². The molecule has 0 heterocycles. The van der Waals surface area contributed by atoms with E-state index in [0.717, 1.165) is 22.7 Å². The second-order valence-electron chi connectivity index (χ2n) is 5.05. The van der Waals surface area contributed by atoms with Crippen molar-refractivity contribution in [2.24, 2.45) is 0 Å². The summed E-state index contributed by atoms with van der Waals surface area (Å²) >= 11 is 0. The molecule has 1 amide bonds. The molecule has 1 atom stereocenters. The Morgan fingerprint density at radius 1 is 1.35 bits per heavy atom. The minimum atomic E-state index is -3.69. The normalized spacial score (nSPS) is 12.7. The molecule has 1 aromatic carbocycles. The second kappa shape index (κ2) is 8.83. The summed E-state index contributed by atoms with van der Waals surface area (Å²) in [6.07, 6.45) is 1.65. The molecule has 6 nitrogen and oxygen atoms in total. The van der Waals surface area contributed by atoms with E-state index in [9.17, 15) is 17.6 Å². The maximum Gasteiger partial charge on any atom is 0.243 e. The molecule has 8 heteroatoms. The number of hydrogen-bond donors (Lipinski definition) is 1. The van der Waals surface area contributed by atoms with Crippen molar-refractivity contribution in [1.82, 2.24) is 5.32 Å². The van der Waals surface area contributed by atoms with Crippen LogP contribution in [-0.2, 0) is 19.6 Å². The smallest absolute Gasteiger partial charge is 0.243 e. The van der Waals surface area contributed by atoms with Crippen molar-refractivity contribution in [3.8, 4) is 0 Å². The van der Waals surface area contributed by atoms with Crippen molar-refractivity contribution in [1.29, 1.82) is 0 Å². The van der Waals surface area contributed by atoms with E-state index in [1.807, 2.05) is 6.92 Å². The highest BCUT2D eigenvalue weighted by Crippen LogP contribution is 2.21. The van der Waals surface area contributed by atoms with Crippen LogP contribution in [0, 0.1) is 5.82 Å². The van der Waals surface area contributed by atoms with Crippen LogP contribution in [-0.4, -0.2) is 46.4 Å². The highest BCUT2D eigenvalue weighted by Gasteiger charge is 2.28. The summed E-state index contributed by atoms with van der Waals surface area (Å²) in [7, 11) is -3.69. The summed E-state index contributed by atoms with van der Waals surface area (Å²) in [6, 6.07) is 4.02. The van der Waals surface area contributed by atoms with E-state index in [2.05, 4.69) is 5.32 Å². The molecule has 0 aliphatic heterocycles. The van der Waals surface area contributed by atoms with Gasteiger partial charge >= 0.3 is 0 Å². The fourth-order valence-electron chi connectivity index (χ4n) is 2.07. The van der Waals surface area contributed by atoms with Crippen LogP contribution in [0.5, 0.6) is 0 Å². The highest BCUT2D eigenvalue weighted by molar-refractivity contribution is 7.92. The molecule has 130 valence electrons. The van der Waals surface area contributed by atoms with Gasteiger partial charge in [-0.05, 0) is 44.5 Å². The number of carbonyl (C=O) groups excluding carboxylic acids is 1. The zero-order chi connectivity index (χ0) is 17.5. The Labute approximate surface area is 136 Å². The quantitative estimate of drug-likeness (QED) is 0.688. The van der Waals surface area contributed by atoms with E-state index in [1.165, 1.54) is 19.1 Å². The molecular weight excluding hydrogens is 323 g/mol. The van der Waals surface area contributed by atoms with Crippen LogP contribution < -0.4 is 9.62 Å². The molecule has 0 radical (unpaired) electrons. The van der Waals surface area contributed by atoms with E-state index in [1.54, 1.807) is 0 Å². The van der Waals surface area contributed by atoms with Crippen LogP contribution in [0.25, 0.3) is 0 Å². The summed E-state index contributed by atoms with van der Waals surface area (Å²) in [5.74, 6) is -0.897. The number of nitrogens with zero attached hydrogens (tertiary/aromatic N) is 1. The van der Waals surface area contributed by atoms with Crippen LogP contribution in [0.15, 0.2) is 24.3 Å². The molecule has 0 saturated carbocycles. The molecule has 0 fully saturated rings. The van der Waals surface area contributed by atoms with Gasteiger partial charge in [0.25, 0.3) is 0 Å². The SMILES string of the molecule is CCOCCCNC(=O)[C@@H](C)N(c1ccc(F)cc1)S(C)(=O)=O. The summed E-state index contributed by atoms with van der Waals surface area (Å²) < 4.78 is 43.2. The Hall–Kier alpha value is -1.67. The van der Waals surface area contributed by atoms with Crippen molar-refractivity contribution < 1.29 is 22.3 Å². The van der Waals surface area contributed by atoms with E-state index in [-0.39, 0.29) is 5.69 Å². The molecule has 1 aromatic rings. The predicted molar refractivity (Wildman–Crippen MR) is 87.3 cm³/mol. The lowest BCUT2D eigenvalue weighted by Crippen LogP contribution is -2.48. The van der Waals surface area contributed by atoms with E-state index < -0.39 is 27.8 Å². The maximum absolute atomic E-state index is 13.0. The summed E-state index contributed by atoms with van der Waals surface area (Å²) in [4.78, 5) is 12.2. The topological polar surface area (TPSA) is 75.7 Å². The molecule has 1 rings (SSSR count). The van der Waals surface area contributed by atoms with Gasteiger partial charge in [0.2, 0.25) is 15.9 Å². The van der Waals surface area contributed by atoms with Crippen LogP contribution in [0.2, 0.25) is 0 Å². The van der Waals surface area contributed by atoms with Gasteiger partial charge in [0.15, 0.2) is 0 Å². The van der Waals surface area contributed by atoms with E-state index in [0.29, 0.717) is 26.2 Å². The van der Waals surface area contributed by atoms with Gasteiger partial charge in [-0.3, -0.25) is 9.10 Å². The zero-order valence-corrected chi connectivity index (χ0v) is 14.4. The first-order chi connectivity index (χ1) is 10.8. The van der Waals surface area contributed by atoms with Crippen molar-refractivity contribution in [3.05, 3.63) is 30.1 Å². The fraction of sp³-hybridized carbons (Fsp3) is 0.533. The number of benzene rings is 1. The molecule has 0 aliphatic carbocycles. The summed E-state index contributed by atoms with van der Waals surface area (Å²) in [6.45, 7) is 4.90. The molecule has 0 aliphatic rings. The third kappa shape index (κ3) is 6.15. The number of ether oxygens (including phenoxy) is 1. The molecule has 0 saturated heterocycles. The number of halogens is 1. The van der Waals surface area contributed by atoms with Crippen molar-refractivity contribution in [2.45, 2.75) is 26.3 Å². The molecule has 1 N–H and O–H groups in total. The van der Waals surface area contributed by atoms with Crippen molar-refractivity contribution in [2.75, 3.05) is 30.3 Å². The average molecular weight is 346 g/mol. The van der Waals surface area contributed by atoms with Gasteiger partial charge in [0.1, 0.15) is 11.9 Å². The minimum absolute atomic E-state index is 0.242. The molecule has 0 spiro atoms. The number of rotatable bonds is 9. The Kier molecular flexibility index (Phi) is 7.44. The van der Waals surface area contributed by atoms with Gasteiger partial charge in [0.05, 0.1) is 11.9 Å². The van der Waals surface area contributed by atoms with Gasteiger partial charge in [0, 0.05) is 19.8 Å². The number of hydrogen-bond acceptors (Lipinski definition) is 4. The Bertz CT molecular complexity index is 604. The first-order valence-electron chi connectivity index (χ1n) is 7.37. The summed E-state index contributed by atoms with van der Waals surface area (Å²) in [5, 5.41) is 2.68. The van der Waals surface area contributed by atoms with Crippen LogP contribution in [0.3, 0.4) is 0 Å². The first kappa shape index (κ1) is 19.4. The molecule has 0 unspecified atom stereocenters. The van der Waals surface area contributed by atoms with Crippen molar-refractivity contribution >= 4 is 21.6 Å². The van der Waals surface area contributed by atoms with Gasteiger partial charge in [-0.25, -0.2) is 12.8 Å². The van der Waals surface area contributed by atoms with Crippen LogP contribution in [0.1, 0.15) is 20.3 Å². The molecular formula is C15H23FN2O4S. The lowest BCUT2D eigenvalue weighted by atomic mass is 10.2. The standard InChI is InChI=1S/C15H23FN2O4S/c1-4-22-11-5-10-17-15(19)12(2)18(23(3,20)21)14-8-6-13(16)7-9-14/h6-9,12H,4-5,10-11H2,1-3H3,(H,17,19)/t12-/m1/s1. The minimum Gasteiger partial charge on any atom is -0.382 e. The fourth-order valence-corrected chi connectivity index (χ4v) is 3.25. The van der Waals surface area contributed by atoms with Crippen LogP contribution in [0.4, 0.5) is 10.1 Å². The molecule has 0 aromatic heterocycles. The Balaban J connectivity index is 2.79. The molecule has 0 bridgehead atoms. The van der Waals surface area contributed by atoms with E-state index in [4.69, 9.17) is 4.74 Å². The Morgan fingerprint density at radius 2 is 1.96 bits per heavy atom. The highest BCUT2D eigenvalue weighted by atomic mass is 32.2. The third-order valence-electron chi connectivity index (χ3n) is 3.14. The van der Waals surface area contributed by atoms with E-state index >= 15 is 0 Å². The number of anilines is 1. The summed E-state index contributed by atoms with van der Waals surface area (Å²) in [5.41, 5.74) is 0.242. The lowest BCUT2D eigenvalue weighted by Gasteiger charge is -2.28. The van der Waals surface area contributed by atoms with Gasteiger partial charge in [-0.1, -0.05) is 0 Å². The third-order valence-corrected chi connectivity index (χ3v) is 4.38. The lowest BCUT2D eigenvalue weighted by molar-refractivity contribution is -0.121.